The maximum atomic E-state index is 13.0. The quantitative estimate of drug-likeness (QED) is 0.470. The summed E-state index contributed by atoms with van der Waals surface area (Å²) in [6, 6.07) is 18.3. The molecule has 0 aliphatic carbocycles. The van der Waals surface area contributed by atoms with Crippen molar-refractivity contribution in [2.45, 2.75) is 19.4 Å². The molecule has 1 aliphatic rings. The fourth-order valence-electron chi connectivity index (χ4n) is 4.08. The number of aromatic nitrogens is 1. The number of fused-ring (bicyclic) bond motifs is 1. The van der Waals surface area contributed by atoms with Gasteiger partial charge in [0.05, 0.1) is 16.9 Å². The standard InChI is InChI=1S/C24H23N3O2S2/c28-23(25-16-19-5-3-15-30-19)18-9-12-26(13-10-18)24(29)21-7-8-22(31-21)27-14-11-17-4-1-2-6-20(17)27/h1-8,11,14-15,18H,9-10,12-13,16H2,(H,25,28). The third-order valence-electron chi connectivity index (χ3n) is 5.81. The summed E-state index contributed by atoms with van der Waals surface area (Å²) < 4.78 is 2.13. The van der Waals surface area contributed by atoms with Crippen LogP contribution >= 0.6 is 22.7 Å². The lowest BCUT2D eigenvalue weighted by Gasteiger charge is -2.31. The Labute approximate surface area is 188 Å². The van der Waals surface area contributed by atoms with Crippen LogP contribution in [0, 0.1) is 5.92 Å². The van der Waals surface area contributed by atoms with Gasteiger partial charge in [0.2, 0.25) is 5.91 Å². The molecule has 31 heavy (non-hydrogen) atoms. The largest absolute Gasteiger partial charge is 0.351 e. The molecule has 0 unspecified atom stereocenters. The summed E-state index contributed by atoms with van der Waals surface area (Å²) in [6.07, 6.45) is 3.47. The molecule has 7 heteroatoms. The van der Waals surface area contributed by atoms with Crippen LogP contribution in [0.15, 0.2) is 66.2 Å². The zero-order chi connectivity index (χ0) is 21.2. The monoisotopic (exact) mass is 449 g/mol. The van der Waals surface area contributed by atoms with Crippen LogP contribution in [0.5, 0.6) is 0 Å². The highest BCUT2D eigenvalue weighted by Crippen LogP contribution is 2.28. The molecule has 0 atom stereocenters. The van der Waals surface area contributed by atoms with Gasteiger partial charge in [0.25, 0.3) is 5.91 Å². The van der Waals surface area contributed by atoms with E-state index in [0.29, 0.717) is 32.5 Å². The summed E-state index contributed by atoms with van der Waals surface area (Å²) in [5.74, 6) is 0.137. The molecule has 5 rings (SSSR count). The smallest absolute Gasteiger partial charge is 0.263 e. The van der Waals surface area contributed by atoms with Crippen molar-refractivity contribution in [3.8, 4) is 5.00 Å². The van der Waals surface area contributed by atoms with E-state index in [-0.39, 0.29) is 17.7 Å². The SMILES string of the molecule is O=C(NCc1cccs1)C1CCN(C(=O)c2ccc(-n3ccc4ccccc43)s2)CC1. The lowest BCUT2D eigenvalue weighted by Crippen LogP contribution is -2.42. The number of nitrogens with one attached hydrogen (secondary N) is 1. The Morgan fingerprint density at radius 1 is 1.00 bits per heavy atom. The van der Waals surface area contributed by atoms with E-state index in [9.17, 15) is 9.59 Å². The Morgan fingerprint density at radius 3 is 2.65 bits per heavy atom. The number of para-hydroxylation sites is 1. The minimum Gasteiger partial charge on any atom is -0.351 e. The van der Waals surface area contributed by atoms with Gasteiger partial charge < -0.3 is 14.8 Å². The van der Waals surface area contributed by atoms with Crippen LogP contribution in [0.2, 0.25) is 0 Å². The molecule has 4 aromatic rings. The lowest BCUT2D eigenvalue weighted by molar-refractivity contribution is -0.126. The van der Waals surface area contributed by atoms with Crippen molar-refractivity contribution in [1.29, 1.82) is 0 Å². The minimum absolute atomic E-state index is 0.0193. The summed E-state index contributed by atoms with van der Waals surface area (Å²) in [5.41, 5.74) is 1.14. The van der Waals surface area contributed by atoms with Gasteiger partial charge in [0.1, 0.15) is 5.00 Å². The second kappa shape index (κ2) is 8.69. The van der Waals surface area contributed by atoms with Crippen LogP contribution in [-0.2, 0) is 11.3 Å². The van der Waals surface area contributed by atoms with Crippen molar-refractivity contribution in [3.63, 3.8) is 0 Å². The summed E-state index contributed by atoms with van der Waals surface area (Å²) in [7, 11) is 0. The van der Waals surface area contributed by atoms with E-state index in [2.05, 4.69) is 28.1 Å². The number of amides is 2. The van der Waals surface area contributed by atoms with Gasteiger partial charge >= 0.3 is 0 Å². The van der Waals surface area contributed by atoms with Crippen LogP contribution < -0.4 is 5.32 Å². The average molecular weight is 450 g/mol. The highest BCUT2D eigenvalue weighted by atomic mass is 32.1. The molecule has 4 heterocycles. The molecule has 1 saturated heterocycles. The lowest BCUT2D eigenvalue weighted by atomic mass is 9.96. The fraction of sp³-hybridized carbons (Fsp3) is 0.250. The number of hydrogen-bond acceptors (Lipinski definition) is 4. The molecule has 1 aliphatic heterocycles. The number of likely N-dealkylation sites (tertiary alicyclic amines) is 1. The van der Waals surface area contributed by atoms with Crippen molar-refractivity contribution < 1.29 is 9.59 Å². The van der Waals surface area contributed by atoms with Crippen LogP contribution in [0.3, 0.4) is 0 Å². The van der Waals surface area contributed by atoms with Crippen LogP contribution in [-0.4, -0.2) is 34.4 Å². The second-order valence-corrected chi connectivity index (χ2v) is 9.84. The second-order valence-electron chi connectivity index (χ2n) is 7.75. The summed E-state index contributed by atoms with van der Waals surface area (Å²) >= 11 is 3.16. The fourth-order valence-corrected chi connectivity index (χ4v) is 5.70. The van der Waals surface area contributed by atoms with Crippen molar-refractivity contribution in [2.24, 2.45) is 5.92 Å². The number of hydrogen-bond donors (Lipinski definition) is 1. The highest BCUT2D eigenvalue weighted by molar-refractivity contribution is 7.16. The first-order valence-electron chi connectivity index (χ1n) is 10.4. The first-order valence-corrected chi connectivity index (χ1v) is 12.1. The normalized spacial score (nSPS) is 14.8. The van der Waals surface area contributed by atoms with E-state index >= 15 is 0 Å². The molecule has 1 fully saturated rings. The van der Waals surface area contributed by atoms with E-state index in [1.54, 1.807) is 11.3 Å². The maximum Gasteiger partial charge on any atom is 0.263 e. The van der Waals surface area contributed by atoms with Gasteiger partial charge in [-0.15, -0.1) is 22.7 Å². The van der Waals surface area contributed by atoms with Crippen LogP contribution in [0.1, 0.15) is 27.4 Å². The first-order chi connectivity index (χ1) is 15.2. The molecular formula is C24H23N3O2S2. The molecule has 0 bridgehead atoms. The summed E-state index contributed by atoms with van der Waals surface area (Å²) in [5, 5.41) is 7.26. The maximum absolute atomic E-state index is 13.0. The molecule has 158 valence electrons. The topological polar surface area (TPSA) is 54.3 Å². The number of benzene rings is 1. The van der Waals surface area contributed by atoms with E-state index in [1.807, 2.05) is 52.9 Å². The van der Waals surface area contributed by atoms with Gasteiger partial charge in [0.15, 0.2) is 0 Å². The van der Waals surface area contributed by atoms with Gasteiger partial charge in [0, 0.05) is 30.1 Å². The Kier molecular flexibility index (Phi) is 5.61. The van der Waals surface area contributed by atoms with Gasteiger partial charge in [-0.2, -0.15) is 0 Å². The average Bonchev–Trinajstić information content (AvgIpc) is 3.57. The third-order valence-corrected chi connectivity index (χ3v) is 7.76. The predicted octanol–water partition coefficient (Wildman–Crippen LogP) is 4.92. The number of carbonyl (C=O) groups is 2. The highest BCUT2D eigenvalue weighted by Gasteiger charge is 2.28. The zero-order valence-corrected chi connectivity index (χ0v) is 18.6. The van der Waals surface area contributed by atoms with E-state index < -0.39 is 0 Å². The molecule has 0 spiro atoms. The van der Waals surface area contributed by atoms with Crippen molar-refractivity contribution in [2.75, 3.05) is 13.1 Å². The van der Waals surface area contributed by atoms with E-state index in [4.69, 9.17) is 0 Å². The van der Waals surface area contributed by atoms with Crippen molar-refractivity contribution in [3.05, 3.63) is 75.9 Å². The Balaban J connectivity index is 1.20. The first kappa shape index (κ1) is 20.0. The number of rotatable bonds is 5. The molecule has 3 aromatic heterocycles. The molecule has 1 aromatic carbocycles. The number of thiophene rings is 2. The number of piperidine rings is 1. The molecule has 0 saturated carbocycles. The summed E-state index contributed by atoms with van der Waals surface area (Å²) in [4.78, 5) is 29.3. The molecule has 0 radical (unpaired) electrons. The van der Waals surface area contributed by atoms with Crippen LogP contribution in [0.25, 0.3) is 15.9 Å². The number of nitrogens with zero attached hydrogens (tertiary/aromatic N) is 2. The Morgan fingerprint density at radius 2 is 1.84 bits per heavy atom. The van der Waals surface area contributed by atoms with E-state index in [0.717, 1.165) is 20.3 Å². The van der Waals surface area contributed by atoms with E-state index in [1.165, 1.54) is 16.7 Å². The zero-order valence-electron chi connectivity index (χ0n) is 17.0. The van der Waals surface area contributed by atoms with Crippen LogP contribution in [0.4, 0.5) is 0 Å². The third kappa shape index (κ3) is 4.16. The van der Waals surface area contributed by atoms with Gasteiger partial charge in [-0.25, -0.2) is 0 Å². The molecular weight excluding hydrogens is 426 g/mol. The Bertz CT molecular complexity index is 1200. The van der Waals surface area contributed by atoms with Crippen molar-refractivity contribution >= 4 is 45.4 Å². The Hall–Kier alpha value is -2.90. The molecule has 1 N–H and O–H groups in total. The number of carbonyl (C=O) groups excluding carboxylic acids is 2. The van der Waals surface area contributed by atoms with Gasteiger partial charge in [-0.3, -0.25) is 9.59 Å². The molecule has 2 amide bonds. The van der Waals surface area contributed by atoms with Gasteiger partial charge in [-0.1, -0.05) is 24.3 Å². The van der Waals surface area contributed by atoms with Gasteiger partial charge in [-0.05, 0) is 53.9 Å². The molecule has 5 nitrogen and oxygen atoms in total. The summed E-state index contributed by atoms with van der Waals surface area (Å²) in [6.45, 7) is 1.83. The predicted molar refractivity (Wildman–Crippen MR) is 126 cm³/mol. The van der Waals surface area contributed by atoms with Crippen molar-refractivity contribution in [1.82, 2.24) is 14.8 Å². The minimum atomic E-state index is -0.0193.